The third kappa shape index (κ3) is 3.15. The van der Waals surface area contributed by atoms with Crippen LogP contribution in [0.5, 0.6) is 5.75 Å². The molecule has 0 heterocycles. The lowest BCUT2D eigenvalue weighted by Crippen LogP contribution is -2.03. The molecule has 0 aliphatic rings. The van der Waals surface area contributed by atoms with E-state index in [9.17, 15) is 8.76 Å². The Labute approximate surface area is 67.3 Å². The maximum absolute atomic E-state index is 10.0. The van der Waals surface area contributed by atoms with Crippen molar-refractivity contribution in [3.8, 4) is 5.75 Å². The first-order valence-electron chi connectivity index (χ1n) is 3.03. The molecule has 0 amide bonds. The van der Waals surface area contributed by atoms with Gasteiger partial charge in [-0.3, -0.25) is 4.21 Å². The standard InChI is InChI=1S/C7H8O3S/c8-11(9)6-10-7-4-2-1-3-5-7/h1-5H,6H2,(H,8,9)/p-1. The van der Waals surface area contributed by atoms with E-state index < -0.39 is 11.1 Å². The van der Waals surface area contributed by atoms with Gasteiger partial charge in [0, 0.05) is 0 Å². The molecule has 1 aromatic carbocycles. The van der Waals surface area contributed by atoms with E-state index in [0.29, 0.717) is 5.75 Å². The van der Waals surface area contributed by atoms with Crippen LogP contribution in [0.4, 0.5) is 0 Å². The van der Waals surface area contributed by atoms with Crippen molar-refractivity contribution in [2.75, 3.05) is 5.94 Å². The molecule has 0 aromatic heterocycles. The van der Waals surface area contributed by atoms with Crippen LogP contribution in [0, 0.1) is 0 Å². The number of hydrogen-bond acceptors (Lipinski definition) is 3. The van der Waals surface area contributed by atoms with Crippen molar-refractivity contribution in [2.24, 2.45) is 0 Å². The van der Waals surface area contributed by atoms with Crippen molar-refractivity contribution in [1.29, 1.82) is 0 Å². The first-order chi connectivity index (χ1) is 5.29. The van der Waals surface area contributed by atoms with Gasteiger partial charge in [0.1, 0.15) is 11.7 Å². The molecule has 1 unspecified atom stereocenters. The highest BCUT2D eigenvalue weighted by Gasteiger charge is 1.88. The van der Waals surface area contributed by atoms with Crippen molar-refractivity contribution in [3.63, 3.8) is 0 Å². The zero-order valence-electron chi connectivity index (χ0n) is 5.73. The maximum atomic E-state index is 10.0. The summed E-state index contributed by atoms with van der Waals surface area (Å²) in [5.41, 5.74) is 0. The molecule has 0 saturated heterocycles. The normalized spacial score (nSPS) is 12.5. The average Bonchev–Trinajstić information content (AvgIpc) is 2.03. The van der Waals surface area contributed by atoms with E-state index in [-0.39, 0.29) is 5.94 Å². The summed E-state index contributed by atoms with van der Waals surface area (Å²) in [6.45, 7) is 0. The van der Waals surface area contributed by atoms with Gasteiger partial charge in [-0.25, -0.2) is 0 Å². The van der Waals surface area contributed by atoms with Gasteiger partial charge >= 0.3 is 0 Å². The molecular weight excluding hydrogens is 164 g/mol. The van der Waals surface area contributed by atoms with Gasteiger partial charge in [0.2, 0.25) is 0 Å². The van der Waals surface area contributed by atoms with Crippen LogP contribution in [0.3, 0.4) is 0 Å². The molecular formula is C7H7O3S-. The van der Waals surface area contributed by atoms with Gasteiger partial charge in [0.15, 0.2) is 0 Å². The summed E-state index contributed by atoms with van der Waals surface area (Å²) in [4.78, 5) is 0. The highest BCUT2D eigenvalue weighted by Crippen LogP contribution is 2.07. The molecule has 0 bridgehead atoms. The second-order valence-corrected chi connectivity index (χ2v) is 2.72. The van der Waals surface area contributed by atoms with Crippen molar-refractivity contribution in [1.82, 2.24) is 0 Å². The van der Waals surface area contributed by atoms with Crippen LogP contribution in [-0.4, -0.2) is 14.7 Å². The fourth-order valence-corrected chi connectivity index (χ4v) is 0.865. The first kappa shape index (κ1) is 8.23. The first-order valence-corrected chi connectivity index (χ1v) is 4.27. The van der Waals surface area contributed by atoms with Crippen molar-refractivity contribution in [3.05, 3.63) is 30.3 Å². The second-order valence-electron chi connectivity index (χ2n) is 1.88. The van der Waals surface area contributed by atoms with Crippen molar-refractivity contribution in [2.45, 2.75) is 0 Å². The smallest absolute Gasteiger partial charge is 0.150 e. The molecule has 60 valence electrons. The topological polar surface area (TPSA) is 49.4 Å². The summed E-state index contributed by atoms with van der Waals surface area (Å²) >= 11 is -2.14. The van der Waals surface area contributed by atoms with E-state index in [1.165, 1.54) is 0 Å². The van der Waals surface area contributed by atoms with E-state index in [0.717, 1.165) is 0 Å². The minimum absolute atomic E-state index is 0.288. The minimum Gasteiger partial charge on any atom is -0.770 e. The summed E-state index contributed by atoms with van der Waals surface area (Å²) in [5.74, 6) is 0.279. The molecule has 3 nitrogen and oxygen atoms in total. The van der Waals surface area contributed by atoms with E-state index >= 15 is 0 Å². The van der Waals surface area contributed by atoms with Crippen molar-refractivity contribution < 1.29 is 13.5 Å². The molecule has 1 rings (SSSR count). The highest BCUT2D eigenvalue weighted by atomic mass is 32.2. The van der Waals surface area contributed by atoms with Gasteiger partial charge in [-0.2, -0.15) is 0 Å². The number of hydrogen-bond donors (Lipinski definition) is 0. The van der Waals surface area contributed by atoms with Gasteiger partial charge in [-0.15, -0.1) is 0 Å². The Morgan fingerprint density at radius 2 is 2.00 bits per heavy atom. The third-order valence-electron chi connectivity index (χ3n) is 1.07. The van der Waals surface area contributed by atoms with Gasteiger partial charge in [0.05, 0.1) is 0 Å². The zero-order chi connectivity index (χ0) is 8.10. The maximum Gasteiger partial charge on any atom is 0.150 e. The van der Waals surface area contributed by atoms with Gasteiger partial charge in [-0.05, 0) is 23.2 Å². The van der Waals surface area contributed by atoms with Crippen LogP contribution in [0.1, 0.15) is 0 Å². The van der Waals surface area contributed by atoms with Gasteiger partial charge in [-0.1, -0.05) is 18.2 Å². The summed E-state index contributed by atoms with van der Waals surface area (Å²) in [5, 5.41) is 0. The SMILES string of the molecule is O=S([O-])COc1ccccc1. The second kappa shape index (κ2) is 4.10. The molecule has 0 aliphatic heterocycles. The predicted octanol–water partition coefficient (Wildman–Crippen LogP) is 0.902. The van der Waals surface area contributed by atoms with Crippen LogP contribution in [0.15, 0.2) is 30.3 Å². The van der Waals surface area contributed by atoms with Crippen LogP contribution in [0.2, 0.25) is 0 Å². The fraction of sp³-hybridized carbons (Fsp3) is 0.143. The third-order valence-corrected chi connectivity index (χ3v) is 1.38. The molecule has 0 N–H and O–H groups in total. The predicted molar refractivity (Wildman–Crippen MR) is 40.9 cm³/mol. The van der Waals surface area contributed by atoms with E-state index in [1.54, 1.807) is 24.3 Å². The molecule has 1 atom stereocenters. The summed E-state index contributed by atoms with van der Waals surface area (Å²) in [6, 6.07) is 8.80. The summed E-state index contributed by atoms with van der Waals surface area (Å²) < 4.78 is 24.9. The Balaban J connectivity index is 2.45. The average molecular weight is 171 g/mol. The minimum atomic E-state index is -2.14. The fourth-order valence-electron chi connectivity index (χ4n) is 0.633. The number of benzene rings is 1. The lowest BCUT2D eigenvalue weighted by molar-refractivity contribution is 0.369. The van der Waals surface area contributed by atoms with E-state index in [2.05, 4.69) is 0 Å². The molecule has 4 heteroatoms. The molecule has 0 radical (unpaired) electrons. The monoisotopic (exact) mass is 171 g/mol. The quantitative estimate of drug-likeness (QED) is 0.635. The van der Waals surface area contributed by atoms with Crippen LogP contribution < -0.4 is 4.74 Å². The molecule has 0 saturated carbocycles. The lowest BCUT2D eigenvalue weighted by Gasteiger charge is -2.06. The molecule has 0 aliphatic carbocycles. The zero-order valence-corrected chi connectivity index (χ0v) is 6.54. The van der Waals surface area contributed by atoms with Gasteiger partial charge in [0.25, 0.3) is 0 Å². The number of ether oxygens (including phenoxy) is 1. The van der Waals surface area contributed by atoms with E-state index in [4.69, 9.17) is 4.74 Å². The lowest BCUT2D eigenvalue weighted by atomic mass is 10.3. The Hall–Kier alpha value is -0.870. The van der Waals surface area contributed by atoms with Crippen LogP contribution in [0.25, 0.3) is 0 Å². The summed E-state index contributed by atoms with van der Waals surface area (Å²) in [6.07, 6.45) is 0. The highest BCUT2D eigenvalue weighted by molar-refractivity contribution is 7.78. The molecule has 0 fully saturated rings. The number of rotatable bonds is 3. The van der Waals surface area contributed by atoms with E-state index in [1.807, 2.05) is 6.07 Å². The largest absolute Gasteiger partial charge is 0.770 e. The van der Waals surface area contributed by atoms with Crippen LogP contribution >= 0.6 is 0 Å². The molecule has 1 aromatic rings. The number of para-hydroxylation sites is 1. The summed E-state index contributed by atoms with van der Waals surface area (Å²) in [7, 11) is 0. The van der Waals surface area contributed by atoms with Crippen molar-refractivity contribution >= 4 is 11.1 Å². The van der Waals surface area contributed by atoms with Gasteiger partial charge < -0.3 is 9.29 Å². The Bertz CT molecular complexity index is 235. The Morgan fingerprint density at radius 3 is 2.55 bits per heavy atom. The van der Waals surface area contributed by atoms with Crippen LogP contribution in [-0.2, 0) is 11.1 Å². The Morgan fingerprint density at radius 1 is 1.36 bits per heavy atom. The Kier molecular flexibility index (Phi) is 3.07. The molecule has 0 spiro atoms. The molecule has 11 heavy (non-hydrogen) atoms.